The number of amides is 1. The topological polar surface area (TPSA) is 85.4 Å². The summed E-state index contributed by atoms with van der Waals surface area (Å²) < 4.78 is 15.5. The minimum atomic E-state index is -0.0686. The normalized spacial score (nSPS) is 9.56. The molecule has 172 valence electrons. The summed E-state index contributed by atoms with van der Waals surface area (Å²) in [5, 5.41) is 0.279. The zero-order valence-electron chi connectivity index (χ0n) is 18.8. The van der Waals surface area contributed by atoms with Crippen LogP contribution in [0, 0.1) is 0 Å². The van der Waals surface area contributed by atoms with Crippen LogP contribution in [0.2, 0.25) is 0 Å². The Balaban J connectivity index is 0.000000320. The van der Waals surface area contributed by atoms with Gasteiger partial charge in [-0.25, -0.2) is 0 Å². The summed E-state index contributed by atoms with van der Waals surface area (Å²) in [6.07, 6.45) is 1.45. The molecule has 0 aliphatic heterocycles. The molecule has 0 aromatic heterocycles. The molecular weight excluding hydrogens is 452 g/mol. The Morgan fingerprint density at radius 3 is 1.88 bits per heavy atom. The van der Waals surface area contributed by atoms with Crippen molar-refractivity contribution in [1.82, 2.24) is 9.80 Å². The van der Waals surface area contributed by atoms with Crippen molar-refractivity contribution in [3.8, 4) is 17.2 Å². The molecule has 0 saturated heterocycles. The fraction of sp³-hybridized carbons (Fsp3) is 0.273. The molecule has 0 fully saturated rings. The summed E-state index contributed by atoms with van der Waals surface area (Å²) in [6.45, 7) is 0. The van der Waals surface area contributed by atoms with Crippen molar-refractivity contribution in [2.75, 3.05) is 42.4 Å². The largest absolute Gasteiger partial charge is 0.496 e. The Morgan fingerprint density at radius 2 is 1.41 bits per heavy atom. The van der Waals surface area contributed by atoms with Crippen LogP contribution in [0.3, 0.4) is 0 Å². The number of rotatable bonds is 6. The number of hydrogen-bond acceptors (Lipinski definition) is 8. The first-order valence-electron chi connectivity index (χ1n) is 9.21. The van der Waals surface area contributed by atoms with Crippen molar-refractivity contribution in [1.29, 1.82) is 0 Å². The van der Waals surface area contributed by atoms with E-state index >= 15 is 0 Å². The van der Waals surface area contributed by atoms with Crippen molar-refractivity contribution >= 4 is 47.0 Å². The first-order valence-corrected chi connectivity index (χ1v) is 10.4. The zero-order chi connectivity index (χ0) is 24.3. The number of aldehydes is 2. The smallest absolute Gasteiger partial charge is 0.285 e. The van der Waals surface area contributed by atoms with Gasteiger partial charge in [-0.05, 0) is 54.3 Å². The van der Waals surface area contributed by atoms with E-state index in [1.165, 1.54) is 19.1 Å². The number of methoxy groups -OCH3 is 2. The Morgan fingerprint density at radius 1 is 0.875 bits per heavy atom. The zero-order valence-corrected chi connectivity index (χ0v) is 20.4. The maximum atomic E-state index is 11.4. The van der Waals surface area contributed by atoms with Crippen LogP contribution in [0.15, 0.2) is 41.3 Å². The van der Waals surface area contributed by atoms with Crippen LogP contribution < -0.4 is 14.2 Å². The van der Waals surface area contributed by atoms with E-state index in [2.05, 4.69) is 0 Å². The van der Waals surface area contributed by atoms with E-state index in [1.54, 1.807) is 69.5 Å². The second-order valence-electron chi connectivity index (χ2n) is 6.57. The van der Waals surface area contributed by atoms with Crippen molar-refractivity contribution in [3.05, 3.63) is 47.5 Å². The Bertz CT molecular complexity index is 886. The van der Waals surface area contributed by atoms with Gasteiger partial charge in [0.2, 0.25) is 0 Å². The molecule has 0 heterocycles. The third-order valence-corrected chi connectivity index (χ3v) is 5.28. The van der Waals surface area contributed by atoms with Gasteiger partial charge in [0.1, 0.15) is 17.2 Å². The SMILES string of the molecule is COc1cc(OC(=S)N(C)C)ccc1C=O.COc1cc(SC(=O)N(C)C)ccc1C=O. The molecule has 0 atom stereocenters. The third kappa shape index (κ3) is 8.20. The predicted octanol–water partition coefficient (Wildman–Crippen LogP) is 4.01. The molecule has 0 bridgehead atoms. The highest BCUT2D eigenvalue weighted by atomic mass is 32.2. The van der Waals surface area contributed by atoms with Crippen LogP contribution in [-0.4, -0.2) is 75.2 Å². The summed E-state index contributed by atoms with van der Waals surface area (Å²) in [7, 11) is 9.94. The molecular formula is C22H26N2O6S2. The quantitative estimate of drug-likeness (QED) is 0.347. The number of benzene rings is 2. The second kappa shape index (κ2) is 13.3. The highest BCUT2D eigenvalue weighted by Gasteiger charge is 2.10. The van der Waals surface area contributed by atoms with Crippen molar-refractivity contribution in [2.24, 2.45) is 0 Å². The van der Waals surface area contributed by atoms with Crippen molar-refractivity contribution in [2.45, 2.75) is 4.90 Å². The third-order valence-electron chi connectivity index (χ3n) is 3.80. The van der Waals surface area contributed by atoms with Gasteiger partial charge in [0.15, 0.2) is 12.6 Å². The molecule has 0 spiro atoms. The van der Waals surface area contributed by atoms with Gasteiger partial charge in [-0.15, -0.1) is 0 Å². The van der Waals surface area contributed by atoms with E-state index in [9.17, 15) is 14.4 Å². The molecule has 0 aliphatic rings. The first-order chi connectivity index (χ1) is 15.2. The summed E-state index contributed by atoms with van der Waals surface area (Å²) in [4.78, 5) is 36.7. The van der Waals surface area contributed by atoms with Crippen LogP contribution in [0.25, 0.3) is 0 Å². The number of carbonyl (C=O) groups is 3. The number of hydrogen-bond donors (Lipinski definition) is 0. The lowest BCUT2D eigenvalue weighted by Crippen LogP contribution is -2.24. The highest BCUT2D eigenvalue weighted by molar-refractivity contribution is 8.13. The maximum absolute atomic E-state index is 11.4. The molecule has 2 rings (SSSR count). The second-order valence-corrected chi connectivity index (χ2v) is 7.94. The lowest BCUT2D eigenvalue weighted by atomic mass is 10.2. The van der Waals surface area contributed by atoms with Gasteiger partial charge in [-0.1, -0.05) is 0 Å². The van der Waals surface area contributed by atoms with E-state index < -0.39 is 0 Å². The molecule has 2 aromatic rings. The molecule has 0 saturated carbocycles. The maximum Gasteiger partial charge on any atom is 0.285 e. The van der Waals surface area contributed by atoms with Crippen molar-refractivity contribution < 1.29 is 28.6 Å². The molecule has 2 aromatic carbocycles. The highest BCUT2D eigenvalue weighted by Crippen LogP contribution is 2.27. The van der Waals surface area contributed by atoms with E-state index in [4.69, 9.17) is 26.4 Å². The lowest BCUT2D eigenvalue weighted by molar-refractivity contribution is 0.111. The van der Waals surface area contributed by atoms with E-state index in [1.807, 2.05) is 0 Å². The Labute approximate surface area is 197 Å². The summed E-state index contributed by atoms with van der Waals surface area (Å²) in [5.41, 5.74) is 0.953. The Hall–Kier alpha value is -3.11. The fourth-order valence-electron chi connectivity index (χ4n) is 2.09. The summed E-state index contributed by atoms with van der Waals surface area (Å²) >= 11 is 6.09. The minimum absolute atomic E-state index is 0.0686. The number of ether oxygens (including phenoxy) is 3. The van der Waals surface area contributed by atoms with Crippen LogP contribution in [0.1, 0.15) is 20.7 Å². The molecule has 0 aliphatic carbocycles. The number of carbonyl (C=O) groups excluding carboxylic acids is 3. The van der Waals surface area contributed by atoms with E-state index in [0.29, 0.717) is 33.6 Å². The standard InChI is InChI=1S/2C11H13NO3S/c1-12(2)11(14)16-9-5-4-8(7-13)10(6-9)15-3;1-12(2)11(16)15-9-5-4-8(7-13)10(6-9)14-3/h2*4-7H,1-3H3. The predicted molar refractivity (Wildman–Crippen MR) is 129 cm³/mol. The molecule has 8 nitrogen and oxygen atoms in total. The molecule has 1 amide bonds. The first kappa shape index (κ1) is 26.9. The average Bonchev–Trinajstić information content (AvgIpc) is 2.78. The monoisotopic (exact) mass is 478 g/mol. The van der Waals surface area contributed by atoms with Gasteiger partial charge in [0, 0.05) is 39.2 Å². The van der Waals surface area contributed by atoms with Gasteiger partial charge in [-0.2, -0.15) is 0 Å². The molecule has 0 radical (unpaired) electrons. The number of thioether (sulfide) groups is 1. The molecule has 0 N–H and O–H groups in total. The molecule has 0 unspecified atom stereocenters. The van der Waals surface area contributed by atoms with Crippen molar-refractivity contribution in [3.63, 3.8) is 0 Å². The Kier molecular flexibility index (Phi) is 11.2. The van der Waals surface area contributed by atoms with Crippen LogP contribution in [0.5, 0.6) is 17.2 Å². The molecule has 10 heteroatoms. The lowest BCUT2D eigenvalue weighted by Gasteiger charge is -2.14. The van der Waals surface area contributed by atoms with Gasteiger partial charge in [0.25, 0.3) is 10.4 Å². The van der Waals surface area contributed by atoms with Crippen LogP contribution in [0.4, 0.5) is 4.79 Å². The average molecular weight is 479 g/mol. The fourth-order valence-corrected chi connectivity index (χ4v) is 2.87. The van der Waals surface area contributed by atoms with E-state index in [-0.39, 0.29) is 5.24 Å². The van der Waals surface area contributed by atoms with Crippen LogP contribution >= 0.6 is 24.0 Å². The summed E-state index contributed by atoms with van der Waals surface area (Å²) in [5.74, 6) is 1.49. The molecule has 32 heavy (non-hydrogen) atoms. The van der Waals surface area contributed by atoms with Crippen LogP contribution in [-0.2, 0) is 0 Å². The number of nitrogens with zero attached hydrogens (tertiary/aromatic N) is 2. The van der Waals surface area contributed by atoms with Gasteiger partial charge >= 0.3 is 0 Å². The van der Waals surface area contributed by atoms with Gasteiger partial charge < -0.3 is 24.0 Å². The van der Waals surface area contributed by atoms with Gasteiger partial charge in [0.05, 0.1) is 25.3 Å². The van der Waals surface area contributed by atoms with E-state index in [0.717, 1.165) is 29.2 Å². The van der Waals surface area contributed by atoms with Gasteiger partial charge in [-0.3, -0.25) is 14.4 Å². The summed E-state index contributed by atoms with van der Waals surface area (Å²) in [6, 6.07) is 9.95. The minimum Gasteiger partial charge on any atom is -0.496 e. The number of thiocarbonyl (C=S) groups is 1.